The van der Waals surface area contributed by atoms with Gasteiger partial charge < -0.3 is 9.30 Å². The van der Waals surface area contributed by atoms with Crippen molar-refractivity contribution in [1.29, 1.82) is 0 Å². The van der Waals surface area contributed by atoms with E-state index >= 15 is 0 Å². The number of benzene rings is 1. The second-order valence-electron chi connectivity index (χ2n) is 6.38. The lowest BCUT2D eigenvalue weighted by Crippen LogP contribution is -2.40. The average Bonchev–Trinajstić information content (AvgIpc) is 3.15. The number of likely N-dealkylation sites (tertiary alicyclic amines) is 1. The molecule has 4 heteroatoms. The summed E-state index contributed by atoms with van der Waals surface area (Å²) in [5.74, 6) is 0.934. The Morgan fingerprint density at radius 1 is 1.29 bits per heavy atom. The molecule has 1 aromatic carbocycles. The maximum atomic E-state index is 5.42. The van der Waals surface area contributed by atoms with Crippen LogP contribution in [0.4, 0.5) is 0 Å². The van der Waals surface area contributed by atoms with Crippen molar-refractivity contribution in [3.63, 3.8) is 0 Å². The highest BCUT2D eigenvalue weighted by Crippen LogP contribution is 2.22. The molecule has 0 N–H and O–H groups in total. The van der Waals surface area contributed by atoms with Gasteiger partial charge in [-0.3, -0.25) is 4.90 Å². The van der Waals surface area contributed by atoms with Gasteiger partial charge in [0.15, 0.2) is 0 Å². The fourth-order valence-electron chi connectivity index (χ4n) is 3.46. The third-order valence-electron chi connectivity index (χ3n) is 4.81. The van der Waals surface area contributed by atoms with Crippen molar-refractivity contribution < 1.29 is 4.74 Å². The number of piperidine rings is 1. The molecular weight excluding hydrogens is 298 g/mol. The monoisotopic (exact) mass is 325 g/mol. The standard InChI is InChI=1S/C20H27N3O/c1-24-20-10-3-2-7-18(20)8-6-14-23-13-5-4-9-19(23)11-15-22-16-12-21-17-22/h2-3,6-8,10,12,16-17,19H,4-5,9,11,13-15H2,1H3. The number of hydrogen-bond acceptors (Lipinski definition) is 3. The van der Waals surface area contributed by atoms with Gasteiger partial charge in [-0.15, -0.1) is 0 Å². The van der Waals surface area contributed by atoms with Crippen molar-refractivity contribution in [3.8, 4) is 5.75 Å². The number of imidazole rings is 1. The predicted molar refractivity (Wildman–Crippen MR) is 98.1 cm³/mol. The number of methoxy groups -OCH3 is 1. The molecule has 128 valence electrons. The molecule has 0 bridgehead atoms. The summed E-state index contributed by atoms with van der Waals surface area (Å²) in [6.07, 6.45) is 15.4. The van der Waals surface area contributed by atoms with E-state index in [0.717, 1.165) is 24.4 Å². The highest BCUT2D eigenvalue weighted by Gasteiger charge is 2.20. The van der Waals surface area contributed by atoms with Gasteiger partial charge in [0.2, 0.25) is 0 Å². The molecular formula is C20H27N3O. The van der Waals surface area contributed by atoms with Crippen molar-refractivity contribution in [3.05, 3.63) is 54.6 Å². The Bertz CT molecular complexity index is 636. The maximum absolute atomic E-state index is 5.42. The molecule has 3 rings (SSSR count). The number of para-hydroxylation sites is 1. The first-order valence-corrected chi connectivity index (χ1v) is 8.86. The van der Waals surface area contributed by atoms with Crippen molar-refractivity contribution in [1.82, 2.24) is 14.5 Å². The van der Waals surface area contributed by atoms with E-state index in [9.17, 15) is 0 Å². The zero-order valence-electron chi connectivity index (χ0n) is 14.5. The molecule has 0 amide bonds. The van der Waals surface area contributed by atoms with Crippen LogP contribution in [0.25, 0.3) is 6.08 Å². The Balaban J connectivity index is 1.56. The first-order chi connectivity index (χ1) is 11.9. The van der Waals surface area contributed by atoms with Crippen LogP contribution in [0.1, 0.15) is 31.2 Å². The van der Waals surface area contributed by atoms with Gasteiger partial charge >= 0.3 is 0 Å². The average molecular weight is 325 g/mol. The van der Waals surface area contributed by atoms with Crippen LogP contribution in [0.15, 0.2) is 49.1 Å². The van der Waals surface area contributed by atoms with Crippen LogP contribution in [-0.2, 0) is 6.54 Å². The molecule has 1 aliphatic rings. The lowest BCUT2D eigenvalue weighted by molar-refractivity contribution is 0.152. The zero-order chi connectivity index (χ0) is 16.6. The van der Waals surface area contributed by atoms with E-state index in [2.05, 4.69) is 44.9 Å². The fraction of sp³-hybridized carbons (Fsp3) is 0.450. The highest BCUT2D eigenvalue weighted by molar-refractivity contribution is 5.57. The minimum absolute atomic E-state index is 0.670. The summed E-state index contributed by atoms with van der Waals surface area (Å²) in [6.45, 7) is 3.26. The van der Waals surface area contributed by atoms with Gasteiger partial charge in [-0.05, 0) is 31.9 Å². The number of hydrogen-bond donors (Lipinski definition) is 0. The molecule has 1 fully saturated rings. The van der Waals surface area contributed by atoms with Crippen LogP contribution < -0.4 is 4.74 Å². The molecule has 4 nitrogen and oxygen atoms in total. The summed E-state index contributed by atoms with van der Waals surface area (Å²) < 4.78 is 7.59. The molecule has 0 spiro atoms. The predicted octanol–water partition coefficient (Wildman–Crippen LogP) is 3.85. The molecule has 1 aliphatic heterocycles. The molecule has 0 aliphatic carbocycles. The first-order valence-electron chi connectivity index (χ1n) is 8.86. The molecule has 0 radical (unpaired) electrons. The van der Waals surface area contributed by atoms with Crippen molar-refractivity contribution >= 4 is 6.08 Å². The summed E-state index contributed by atoms with van der Waals surface area (Å²) in [6, 6.07) is 8.84. The van der Waals surface area contributed by atoms with E-state index in [-0.39, 0.29) is 0 Å². The van der Waals surface area contributed by atoms with Crippen LogP contribution in [0.3, 0.4) is 0 Å². The summed E-state index contributed by atoms with van der Waals surface area (Å²) in [4.78, 5) is 6.75. The zero-order valence-corrected chi connectivity index (χ0v) is 14.5. The molecule has 0 saturated carbocycles. The van der Waals surface area contributed by atoms with Gasteiger partial charge in [-0.2, -0.15) is 0 Å². The third kappa shape index (κ3) is 4.48. The van der Waals surface area contributed by atoms with Crippen LogP contribution in [0.2, 0.25) is 0 Å². The number of ether oxygens (including phenoxy) is 1. The van der Waals surface area contributed by atoms with Gasteiger partial charge in [0.25, 0.3) is 0 Å². The minimum Gasteiger partial charge on any atom is -0.496 e. The largest absolute Gasteiger partial charge is 0.496 e. The quantitative estimate of drug-likeness (QED) is 0.774. The van der Waals surface area contributed by atoms with Gasteiger partial charge in [0, 0.05) is 37.1 Å². The van der Waals surface area contributed by atoms with Gasteiger partial charge in [0.05, 0.1) is 13.4 Å². The SMILES string of the molecule is COc1ccccc1C=CCN1CCCCC1CCn1ccnc1. The van der Waals surface area contributed by atoms with Gasteiger partial charge in [0.1, 0.15) is 5.75 Å². The maximum Gasteiger partial charge on any atom is 0.126 e. The number of nitrogens with zero attached hydrogens (tertiary/aromatic N) is 3. The van der Waals surface area contributed by atoms with E-state index in [1.165, 1.54) is 32.2 Å². The molecule has 1 aromatic heterocycles. The second kappa shape index (κ2) is 8.69. The Hall–Kier alpha value is -2.07. The Labute approximate surface area is 144 Å². The Morgan fingerprint density at radius 3 is 3.04 bits per heavy atom. The lowest BCUT2D eigenvalue weighted by Gasteiger charge is -2.35. The van der Waals surface area contributed by atoms with Crippen LogP contribution >= 0.6 is 0 Å². The Kier molecular flexibility index (Phi) is 6.07. The van der Waals surface area contributed by atoms with Crippen molar-refractivity contribution in [2.75, 3.05) is 20.2 Å². The molecule has 1 saturated heterocycles. The summed E-state index contributed by atoms with van der Waals surface area (Å²) >= 11 is 0. The summed E-state index contributed by atoms with van der Waals surface area (Å²) in [5, 5.41) is 0. The van der Waals surface area contributed by atoms with E-state index in [1.807, 2.05) is 24.7 Å². The van der Waals surface area contributed by atoms with E-state index in [1.54, 1.807) is 7.11 Å². The minimum atomic E-state index is 0.670. The van der Waals surface area contributed by atoms with Crippen LogP contribution in [-0.4, -0.2) is 40.7 Å². The molecule has 24 heavy (non-hydrogen) atoms. The van der Waals surface area contributed by atoms with Crippen LogP contribution in [0, 0.1) is 0 Å². The molecule has 2 aromatic rings. The topological polar surface area (TPSA) is 30.3 Å². The van der Waals surface area contributed by atoms with Gasteiger partial charge in [-0.25, -0.2) is 4.98 Å². The molecule has 2 heterocycles. The lowest BCUT2D eigenvalue weighted by atomic mass is 9.99. The normalized spacial score (nSPS) is 19.0. The number of aromatic nitrogens is 2. The van der Waals surface area contributed by atoms with Crippen LogP contribution in [0.5, 0.6) is 5.75 Å². The molecule has 1 atom stereocenters. The third-order valence-corrected chi connectivity index (χ3v) is 4.81. The molecule has 1 unspecified atom stereocenters. The number of aryl methyl sites for hydroxylation is 1. The summed E-state index contributed by atoms with van der Waals surface area (Å²) in [7, 11) is 1.73. The van der Waals surface area contributed by atoms with Crippen molar-refractivity contribution in [2.24, 2.45) is 0 Å². The Morgan fingerprint density at radius 2 is 2.21 bits per heavy atom. The van der Waals surface area contributed by atoms with Gasteiger partial charge in [-0.1, -0.05) is 36.8 Å². The van der Waals surface area contributed by atoms with E-state index < -0.39 is 0 Å². The fourth-order valence-corrected chi connectivity index (χ4v) is 3.46. The van der Waals surface area contributed by atoms with E-state index in [0.29, 0.717) is 6.04 Å². The summed E-state index contributed by atoms with van der Waals surface area (Å²) in [5.41, 5.74) is 1.15. The highest BCUT2D eigenvalue weighted by atomic mass is 16.5. The second-order valence-corrected chi connectivity index (χ2v) is 6.38. The smallest absolute Gasteiger partial charge is 0.126 e. The first kappa shape index (κ1) is 16.8. The van der Waals surface area contributed by atoms with Crippen molar-refractivity contribution in [2.45, 2.75) is 38.3 Å². The van der Waals surface area contributed by atoms with E-state index in [4.69, 9.17) is 4.74 Å². The number of rotatable bonds is 7.